The Labute approximate surface area is 127 Å². The highest BCUT2D eigenvalue weighted by Gasteiger charge is 2.15. The van der Waals surface area contributed by atoms with Crippen LogP contribution in [0, 0.1) is 12.7 Å². The van der Waals surface area contributed by atoms with E-state index in [-0.39, 0.29) is 11.2 Å². The van der Waals surface area contributed by atoms with Gasteiger partial charge >= 0.3 is 0 Å². The van der Waals surface area contributed by atoms with Gasteiger partial charge in [-0.15, -0.1) is 11.6 Å². The molecule has 0 N–H and O–H groups in total. The van der Waals surface area contributed by atoms with Crippen molar-refractivity contribution in [2.75, 3.05) is 0 Å². The smallest absolute Gasteiger partial charge is 0.126 e. The molecule has 0 aliphatic rings. The van der Waals surface area contributed by atoms with Gasteiger partial charge in [0.05, 0.1) is 5.38 Å². The molecule has 94 valence electrons. The molecular formula is C14H10Br2ClF. The summed E-state index contributed by atoms with van der Waals surface area (Å²) in [7, 11) is 0. The van der Waals surface area contributed by atoms with Crippen LogP contribution in [-0.2, 0) is 0 Å². The van der Waals surface area contributed by atoms with Gasteiger partial charge in [-0.3, -0.25) is 0 Å². The second kappa shape index (κ2) is 5.72. The van der Waals surface area contributed by atoms with E-state index in [1.807, 2.05) is 24.3 Å². The quantitative estimate of drug-likeness (QED) is 0.551. The van der Waals surface area contributed by atoms with E-state index in [1.165, 1.54) is 6.07 Å². The molecule has 2 aromatic carbocycles. The molecule has 1 unspecified atom stereocenters. The van der Waals surface area contributed by atoms with E-state index in [0.29, 0.717) is 5.56 Å². The molecule has 0 fully saturated rings. The summed E-state index contributed by atoms with van der Waals surface area (Å²) >= 11 is 13.3. The van der Waals surface area contributed by atoms with Crippen LogP contribution < -0.4 is 0 Å². The third-order valence-electron chi connectivity index (χ3n) is 2.72. The van der Waals surface area contributed by atoms with E-state index >= 15 is 0 Å². The Hall–Kier alpha value is -0.380. The number of hydrogen-bond acceptors (Lipinski definition) is 0. The molecule has 0 aliphatic carbocycles. The zero-order valence-corrected chi connectivity index (χ0v) is 13.5. The number of halogens is 4. The van der Waals surface area contributed by atoms with Crippen LogP contribution in [0.3, 0.4) is 0 Å². The van der Waals surface area contributed by atoms with Crippen molar-refractivity contribution >= 4 is 43.5 Å². The molecule has 0 heterocycles. The fourth-order valence-corrected chi connectivity index (χ4v) is 2.96. The Bertz CT molecular complexity index is 584. The standard InChI is InChI=1S/C14H10Br2ClF/c1-8-2-3-9(6-13(8)18)14(17)11-7-10(15)4-5-12(11)16/h2-7,14H,1H3. The lowest BCUT2D eigenvalue weighted by Gasteiger charge is -2.13. The Morgan fingerprint density at radius 3 is 2.50 bits per heavy atom. The van der Waals surface area contributed by atoms with Gasteiger partial charge in [0.15, 0.2) is 0 Å². The SMILES string of the molecule is Cc1ccc(C(Cl)c2cc(Br)ccc2Br)cc1F. The highest BCUT2D eigenvalue weighted by Crippen LogP contribution is 2.35. The topological polar surface area (TPSA) is 0 Å². The Morgan fingerprint density at radius 2 is 1.83 bits per heavy atom. The third-order valence-corrected chi connectivity index (χ3v) is 4.42. The molecule has 0 aliphatic heterocycles. The molecule has 0 saturated heterocycles. The zero-order valence-electron chi connectivity index (χ0n) is 9.55. The molecule has 4 heteroatoms. The summed E-state index contributed by atoms with van der Waals surface area (Å²) in [5, 5.41) is -0.382. The lowest BCUT2D eigenvalue weighted by Crippen LogP contribution is -1.96. The minimum atomic E-state index is -0.382. The van der Waals surface area contributed by atoms with Gasteiger partial charge in [0.25, 0.3) is 0 Å². The molecule has 2 rings (SSSR count). The van der Waals surface area contributed by atoms with E-state index in [0.717, 1.165) is 20.1 Å². The van der Waals surface area contributed by atoms with Crippen molar-refractivity contribution in [3.63, 3.8) is 0 Å². The average Bonchev–Trinajstić information content (AvgIpc) is 2.35. The molecule has 0 radical (unpaired) electrons. The number of aryl methyl sites for hydroxylation is 1. The molecule has 18 heavy (non-hydrogen) atoms. The molecule has 0 aromatic heterocycles. The van der Waals surface area contributed by atoms with Crippen LogP contribution in [0.15, 0.2) is 45.3 Å². The first-order valence-electron chi connectivity index (χ1n) is 5.34. The van der Waals surface area contributed by atoms with Gasteiger partial charge in [-0.25, -0.2) is 4.39 Å². The summed E-state index contributed by atoms with van der Waals surface area (Å²) in [6.07, 6.45) is 0. The first-order valence-corrected chi connectivity index (χ1v) is 7.36. The summed E-state index contributed by atoms with van der Waals surface area (Å²) < 4.78 is 15.4. The van der Waals surface area contributed by atoms with E-state index < -0.39 is 0 Å². The lowest BCUT2D eigenvalue weighted by molar-refractivity contribution is 0.616. The maximum absolute atomic E-state index is 13.6. The maximum atomic E-state index is 13.6. The van der Waals surface area contributed by atoms with Crippen molar-refractivity contribution in [3.05, 3.63) is 67.9 Å². The molecule has 2 aromatic rings. The second-order valence-corrected chi connectivity index (χ2v) is 6.24. The Balaban J connectivity index is 2.44. The Kier molecular flexibility index (Phi) is 4.46. The lowest BCUT2D eigenvalue weighted by atomic mass is 10.0. The molecule has 0 saturated carbocycles. The summed E-state index contributed by atoms with van der Waals surface area (Å²) in [5.74, 6) is -0.232. The number of rotatable bonds is 2. The van der Waals surface area contributed by atoms with Crippen LogP contribution >= 0.6 is 43.5 Å². The summed E-state index contributed by atoms with van der Waals surface area (Å²) in [4.78, 5) is 0. The fraction of sp³-hybridized carbons (Fsp3) is 0.143. The van der Waals surface area contributed by atoms with Gasteiger partial charge in [0.2, 0.25) is 0 Å². The molecule has 0 spiro atoms. The predicted octanol–water partition coefficient (Wildman–Crippen LogP) is 5.99. The molecule has 1 atom stereocenters. The first-order chi connectivity index (χ1) is 8.49. The van der Waals surface area contributed by atoms with E-state index in [1.54, 1.807) is 13.0 Å². The average molecular weight is 392 g/mol. The minimum absolute atomic E-state index is 0.232. The van der Waals surface area contributed by atoms with Crippen molar-refractivity contribution in [1.82, 2.24) is 0 Å². The molecule has 0 bridgehead atoms. The van der Waals surface area contributed by atoms with E-state index in [4.69, 9.17) is 11.6 Å². The zero-order chi connectivity index (χ0) is 13.3. The van der Waals surface area contributed by atoms with Crippen LogP contribution in [0.25, 0.3) is 0 Å². The monoisotopic (exact) mass is 390 g/mol. The number of alkyl halides is 1. The highest BCUT2D eigenvalue weighted by atomic mass is 79.9. The third kappa shape index (κ3) is 2.95. The van der Waals surface area contributed by atoms with Crippen LogP contribution in [0.5, 0.6) is 0 Å². The summed E-state index contributed by atoms with van der Waals surface area (Å²) in [5.41, 5.74) is 2.28. The molecular weight excluding hydrogens is 382 g/mol. The van der Waals surface area contributed by atoms with Gasteiger partial charge in [-0.2, -0.15) is 0 Å². The van der Waals surface area contributed by atoms with Crippen molar-refractivity contribution in [2.45, 2.75) is 12.3 Å². The van der Waals surface area contributed by atoms with Crippen molar-refractivity contribution in [3.8, 4) is 0 Å². The fourth-order valence-electron chi connectivity index (χ4n) is 1.66. The number of hydrogen-bond donors (Lipinski definition) is 0. The molecule has 0 amide bonds. The van der Waals surface area contributed by atoms with E-state index in [2.05, 4.69) is 31.9 Å². The minimum Gasteiger partial charge on any atom is -0.207 e. The van der Waals surface area contributed by atoms with Crippen LogP contribution in [0.4, 0.5) is 4.39 Å². The van der Waals surface area contributed by atoms with Crippen molar-refractivity contribution < 1.29 is 4.39 Å². The Morgan fingerprint density at radius 1 is 1.11 bits per heavy atom. The normalized spacial score (nSPS) is 12.5. The molecule has 0 nitrogen and oxygen atoms in total. The van der Waals surface area contributed by atoms with Crippen molar-refractivity contribution in [1.29, 1.82) is 0 Å². The maximum Gasteiger partial charge on any atom is 0.126 e. The van der Waals surface area contributed by atoms with Gasteiger partial charge in [0, 0.05) is 8.95 Å². The largest absolute Gasteiger partial charge is 0.207 e. The highest BCUT2D eigenvalue weighted by molar-refractivity contribution is 9.11. The van der Waals surface area contributed by atoms with Crippen LogP contribution in [0.2, 0.25) is 0 Å². The summed E-state index contributed by atoms with van der Waals surface area (Å²) in [6, 6.07) is 10.8. The van der Waals surface area contributed by atoms with Gasteiger partial charge in [0.1, 0.15) is 5.82 Å². The van der Waals surface area contributed by atoms with Gasteiger partial charge in [-0.1, -0.05) is 44.0 Å². The number of benzene rings is 2. The van der Waals surface area contributed by atoms with Crippen LogP contribution in [-0.4, -0.2) is 0 Å². The second-order valence-electron chi connectivity index (χ2n) is 4.04. The van der Waals surface area contributed by atoms with E-state index in [9.17, 15) is 4.39 Å². The van der Waals surface area contributed by atoms with Gasteiger partial charge in [-0.05, 0) is 47.9 Å². The van der Waals surface area contributed by atoms with Gasteiger partial charge < -0.3 is 0 Å². The predicted molar refractivity (Wildman–Crippen MR) is 80.7 cm³/mol. The first kappa shape index (κ1) is 14.0. The van der Waals surface area contributed by atoms with Crippen molar-refractivity contribution in [2.24, 2.45) is 0 Å². The van der Waals surface area contributed by atoms with Crippen LogP contribution in [0.1, 0.15) is 22.1 Å². The summed E-state index contributed by atoms with van der Waals surface area (Å²) in [6.45, 7) is 1.73.